The van der Waals surface area contributed by atoms with Crippen LogP contribution in [0.15, 0.2) is 42.5 Å². The van der Waals surface area contributed by atoms with Crippen molar-refractivity contribution in [1.82, 2.24) is 35.8 Å². The van der Waals surface area contributed by atoms with Crippen molar-refractivity contribution in [2.24, 2.45) is 0 Å². The first kappa shape index (κ1) is 22.6. The number of hydrogen-bond acceptors (Lipinski definition) is 8. The number of nitrogens with zero attached hydrogens (tertiary/aromatic N) is 5. The molecule has 0 atom stereocenters. The number of nitrogens with one attached hydrogen (secondary N) is 2. The first-order valence-electron chi connectivity index (χ1n) is 12.7. The lowest BCUT2D eigenvalue weighted by molar-refractivity contribution is -0.0246. The van der Waals surface area contributed by atoms with E-state index in [1.165, 1.54) is 5.56 Å². The van der Waals surface area contributed by atoms with Gasteiger partial charge in [0.1, 0.15) is 17.2 Å². The van der Waals surface area contributed by atoms with Gasteiger partial charge in [0.2, 0.25) is 5.82 Å². The number of hydrogen-bond donors (Lipinski definition) is 2. The molecule has 4 aromatic rings. The summed E-state index contributed by atoms with van der Waals surface area (Å²) in [5, 5.41) is 17.9. The van der Waals surface area contributed by atoms with Crippen LogP contribution in [0.25, 0.3) is 22.3 Å². The number of pyridine rings is 1. The Morgan fingerprint density at radius 3 is 2.74 bits per heavy atom. The number of ether oxygens (including phenoxy) is 2. The van der Waals surface area contributed by atoms with Gasteiger partial charge in [0.25, 0.3) is 11.8 Å². The molecule has 2 fully saturated rings. The third-order valence-electron chi connectivity index (χ3n) is 7.62. The maximum atomic E-state index is 13.6. The van der Waals surface area contributed by atoms with Gasteiger partial charge in [-0.25, -0.2) is 4.98 Å². The second-order valence-electron chi connectivity index (χ2n) is 10.0. The Hall–Kier alpha value is -4.54. The van der Waals surface area contributed by atoms with Crippen molar-refractivity contribution in [2.45, 2.75) is 37.3 Å². The van der Waals surface area contributed by atoms with Gasteiger partial charge in [0.15, 0.2) is 5.72 Å². The van der Waals surface area contributed by atoms with Crippen LogP contribution in [0.4, 0.5) is 0 Å². The van der Waals surface area contributed by atoms with Gasteiger partial charge in [-0.05, 0) is 53.8 Å². The third kappa shape index (κ3) is 3.73. The van der Waals surface area contributed by atoms with Crippen LogP contribution in [0.3, 0.4) is 0 Å². The molecule has 0 bridgehead atoms. The predicted octanol–water partition coefficient (Wildman–Crippen LogP) is 3.06. The van der Waals surface area contributed by atoms with Gasteiger partial charge in [-0.1, -0.05) is 12.1 Å². The largest absolute Gasteiger partial charge is 0.496 e. The maximum Gasteiger partial charge on any atom is 0.272 e. The molecule has 11 heteroatoms. The number of aromatic nitrogens is 5. The molecule has 38 heavy (non-hydrogen) atoms. The topological polar surface area (TPSA) is 135 Å². The van der Waals surface area contributed by atoms with E-state index in [9.17, 15) is 9.59 Å². The highest BCUT2D eigenvalue weighted by Gasteiger charge is 2.43. The molecule has 4 heterocycles. The van der Waals surface area contributed by atoms with E-state index in [-0.39, 0.29) is 11.8 Å². The highest BCUT2D eigenvalue weighted by atomic mass is 16.5. The standard InChI is InChI=1S/C27H25N7O4/c1-37-22-14-20(28-23-17(15-5-6-15)3-2-4-18(22)23)26(36)34-11-9-27(10-12-34)29-25(35)19-13-16(7-8-21(19)38-27)24-30-32-33-31-24/h2-4,7-8,13-15H,5-6,9-12H2,1H3,(H,29,35)(H,30,31,32,33). The van der Waals surface area contributed by atoms with Gasteiger partial charge in [-0.2, -0.15) is 5.21 Å². The lowest BCUT2D eigenvalue weighted by Gasteiger charge is -2.44. The van der Waals surface area contributed by atoms with Crippen molar-refractivity contribution < 1.29 is 19.1 Å². The Labute approximate surface area is 217 Å². The number of aromatic amines is 1. The molecule has 0 unspecified atom stereocenters. The molecule has 2 amide bonds. The number of fused-ring (bicyclic) bond motifs is 2. The van der Waals surface area contributed by atoms with E-state index in [0.29, 0.717) is 66.0 Å². The molecule has 2 aromatic carbocycles. The van der Waals surface area contributed by atoms with Gasteiger partial charge in [0.05, 0.1) is 18.2 Å². The summed E-state index contributed by atoms with van der Waals surface area (Å²) >= 11 is 0. The minimum Gasteiger partial charge on any atom is -0.496 e. The van der Waals surface area contributed by atoms with Gasteiger partial charge < -0.3 is 19.7 Å². The van der Waals surface area contributed by atoms with E-state index in [4.69, 9.17) is 14.5 Å². The molecule has 3 aliphatic rings. The van der Waals surface area contributed by atoms with Crippen molar-refractivity contribution in [2.75, 3.05) is 20.2 Å². The monoisotopic (exact) mass is 511 g/mol. The number of benzene rings is 2. The molecule has 1 saturated carbocycles. The summed E-state index contributed by atoms with van der Waals surface area (Å²) in [5.74, 6) is 1.65. The normalized spacial score (nSPS) is 18.1. The zero-order valence-electron chi connectivity index (χ0n) is 20.7. The van der Waals surface area contributed by atoms with Crippen LogP contribution in [0, 0.1) is 0 Å². The van der Waals surface area contributed by atoms with Crippen molar-refractivity contribution in [3.8, 4) is 22.9 Å². The molecular weight excluding hydrogens is 486 g/mol. The van der Waals surface area contributed by atoms with Gasteiger partial charge >= 0.3 is 0 Å². The van der Waals surface area contributed by atoms with E-state index in [2.05, 4.69) is 32.0 Å². The number of H-pyrrole nitrogens is 1. The Bertz CT molecular complexity index is 1570. The average Bonchev–Trinajstić information content (AvgIpc) is 3.64. The summed E-state index contributed by atoms with van der Waals surface area (Å²) in [7, 11) is 1.61. The molecule has 0 radical (unpaired) electrons. The molecule has 2 N–H and O–H groups in total. The highest BCUT2D eigenvalue weighted by molar-refractivity contribution is 6.00. The van der Waals surface area contributed by atoms with E-state index >= 15 is 0 Å². The fourth-order valence-electron chi connectivity index (χ4n) is 5.43. The average molecular weight is 512 g/mol. The Balaban J connectivity index is 1.11. The molecule has 192 valence electrons. The summed E-state index contributed by atoms with van der Waals surface area (Å²) < 4.78 is 11.9. The van der Waals surface area contributed by atoms with Crippen LogP contribution < -0.4 is 14.8 Å². The smallest absolute Gasteiger partial charge is 0.272 e. The van der Waals surface area contributed by atoms with Crippen LogP contribution >= 0.6 is 0 Å². The van der Waals surface area contributed by atoms with Crippen molar-refractivity contribution in [1.29, 1.82) is 0 Å². The number of piperidine rings is 1. The fraction of sp³-hybridized carbons (Fsp3) is 0.333. The van der Waals surface area contributed by atoms with Crippen molar-refractivity contribution in [3.05, 3.63) is 59.3 Å². The number of likely N-dealkylation sites (tertiary alicyclic amines) is 1. The zero-order valence-corrected chi connectivity index (χ0v) is 20.7. The van der Waals surface area contributed by atoms with E-state index < -0.39 is 5.72 Å². The summed E-state index contributed by atoms with van der Waals surface area (Å²) in [6.45, 7) is 0.837. The number of carbonyl (C=O) groups excluding carboxylic acids is 2. The number of para-hydroxylation sites is 1. The third-order valence-corrected chi connectivity index (χ3v) is 7.62. The SMILES string of the molecule is COc1cc(C(=O)N2CCC3(CC2)NC(=O)c2cc(-c4nn[nH]n4)ccc2O3)nc2c(C3CC3)cccc12. The van der Waals surface area contributed by atoms with Crippen molar-refractivity contribution in [3.63, 3.8) is 0 Å². The molecule has 11 nitrogen and oxygen atoms in total. The first-order valence-corrected chi connectivity index (χ1v) is 12.7. The molecule has 2 aliphatic heterocycles. The molecule has 1 saturated heterocycles. The van der Waals surface area contributed by atoms with Gasteiger partial charge in [-0.15, -0.1) is 10.2 Å². The number of methoxy groups -OCH3 is 1. The lowest BCUT2D eigenvalue weighted by Crippen LogP contribution is -2.61. The van der Waals surface area contributed by atoms with Gasteiger partial charge in [-0.3, -0.25) is 9.59 Å². The second kappa shape index (κ2) is 8.51. The van der Waals surface area contributed by atoms with Crippen LogP contribution in [-0.2, 0) is 0 Å². The Kier molecular flexibility index (Phi) is 5.07. The summed E-state index contributed by atoms with van der Waals surface area (Å²) in [4.78, 5) is 33.2. The minimum absolute atomic E-state index is 0.155. The molecule has 2 aromatic heterocycles. The molecular formula is C27H25N7O4. The van der Waals surface area contributed by atoms with E-state index in [1.807, 2.05) is 12.1 Å². The van der Waals surface area contributed by atoms with Crippen molar-refractivity contribution >= 4 is 22.7 Å². The summed E-state index contributed by atoms with van der Waals surface area (Å²) in [6, 6.07) is 13.1. The quantitative estimate of drug-likeness (QED) is 0.427. The van der Waals surface area contributed by atoms with E-state index in [0.717, 1.165) is 23.7 Å². The van der Waals surface area contributed by atoms with Crippen LogP contribution in [0.2, 0.25) is 0 Å². The number of carbonyl (C=O) groups is 2. The van der Waals surface area contributed by atoms with Crippen LogP contribution in [0.5, 0.6) is 11.5 Å². The number of rotatable bonds is 4. The Morgan fingerprint density at radius 2 is 2.00 bits per heavy atom. The molecule has 7 rings (SSSR count). The predicted molar refractivity (Wildman–Crippen MR) is 136 cm³/mol. The van der Waals surface area contributed by atoms with Crippen LogP contribution in [0.1, 0.15) is 58.0 Å². The first-order chi connectivity index (χ1) is 18.5. The molecule has 1 aliphatic carbocycles. The maximum absolute atomic E-state index is 13.6. The summed E-state index contributed by atoms with van der Waals surface area (Å²) in [6.07, 6.45) is 3.19. The summed E-state index contributed by atoms with van der Waals surface area (Å²) in [5.41, 5.74) is 2.58. The minimum atomic E-state index is -0.873. The van der Waals surface area contributed by atoms with Crippen LogP contribution in [-0.4, -0.2) is 68.2 Å². The highest BCUT2D eigenvalue weighted by Crippen LogP contribution is 2.44. The molecule has 1 spiro atoms. The number of amides is 2. The zero-order chi connectivity index (χ0) is 25.9. The van der Waals surface area contributed by atoms with Gasteiger partial charge in [0, 0.05) is 42.9 Å². The van der Waals surface area contributed by atoms with E-state index in [1.54, 1.807) is 36.3 Å². The Morgan fingerprint density at radius 1 is 1.16 bits per heavy atom. The fourth-order valence-corrected chi connectivity index (χ4v) is 5.43. The second-order valence-corrected chi connectivity index (χ2v) is 10.0. The lowest BCUT2D eigenvalue weighted by atomic mass is 9.96. The number of tetrazole rings is 1.